The summed E-state index contributed by atoms with van der Waals surface area (Å²) in [5.41, 5.74) is 5.49. The van der Waals surface area contributed by atoms with E-state index in [0.717, 1.165) is 53.5 Å². The summed E-state index contributed by atoms with van der Waals surface area (Å²) in [5, 5.41) is 13.3. The average Bonchev–Trinajstić information content (AvgIpc) is 3.30. The fraction of sp³-hybridized carbons (Fsp3) is 0.375. The molecule has 2 N–H and O–H groups in total. The summed E-state index contributed by atoms with van der Waals surface area (Å²) in [4.78, 5) is 38.7. The molecule has 7 rings (SSSR count). The van der Waals surface area contributed by atoms with Crippen molar-refractivity contribution in [1.29, 1.82) is 0 Å². The number of fused-ring (bicyclic) bond motifs is 5. The first-order valence-electron chi connectivity index (χ1n) is 17.2. The lowest BCUT2D eigenvalue weighted by molar-refractivity contribution is -0.131. The number of nitrogens with zero attached hydrogens (tertiary/aromatic N) is 1. The molecule has 4 aromatic rings. The van der Waals surface area contributed by atoms with Crippen LogP contribution in [0.25, 0.3) is 28.2 Å². The fourth-order valence-corrected chi connectivity index (χ4v) is 7.85. The van der Waals surface area contributed by atoms with Crippen molar-refractivity contribution in [2.75, 3.05) is 20.8 Å². The maximum Gasteiger partial charge on any atom is 0.328 e. The number of carbonyl (C=O) groups excluding carboxylic acids is 2. The van der Waals surface area contributed by atoms with Gasteiger partial charge in [-0.1, -0.05) is 37.5 Å². The van der Waals surface area contributed by atoms with E-state index in [-0.39, 0.29) is 18.1 Å². The largest absolute Gasteiger partial charge is 0.497 e. The number of carboxylic acid groups (broad SMARTS) is 1. The van der Waals surface area contributed by atoms with Crippen molar-refractivity contribution in [3.05, 3.63) is 82.9 Å². The number of aromatic nitrogens is 1. The highest BCUT2D eigenvalue weighted by Crippen LogP contribution is 2.48. The number of nitrogens with one attached hydrogen (secondary N) is 1. The molecule has 1 amide bonds. The topological polar surface area (TPSA) is 116 Å². The molecule has 0 atom stereocenters. The maximum atomic E-state index is 14.0. The van der Waals surface area contributed by atoms with E-state index in [1.807, 2.05) is 24.3 Å². The van der Waals surface area contributed by atoms with Gasteiger partial charge in [0.05, 0.1) is 32.0 Å². The van der Waals surface area contributed by atoms with Crippen LogP contribution in [0.4, 0.5) is 0 Å². The Bertz CT molecular complexity index is 1960. The molecule has 2 saturated carbocycles. The Labute approximate surface area is 285 Å². The first-order valence-corrected chi connectivity index (χ1v) is 17.2. The van der Waals surface area contributed by atoms with E-state index in [2.05, 4.69) is 22.0 Å². The number of carboxylic acids is 1. The zero-order valence-electron chi connectivity index (χ0n) is 28.1. The van der Waals surface area contributed by atoms with Crippen molar-refractivity contribution in [1.82, 2.24) is 9.88 Å². The number of rotatable bonds is 10. The molecule has 1 aromatic heterocycles. The number of ether oxygens (including phenoxy) is 3. The summed E-state index contributed by atoms with van der Waals surface area (Å²) in [6.07, 6.45) is 10.6. The lowest BCUT2D eigenvalue weighted by Crippen LogP contribution is -2.59. The molecule has 0 radical (unpaired) electrons. The molecule has 2 aliphatic carbocycles. The molecule has 0 unspecified atom stereocenters. The predicted molar refractivity (Wildman–Crippen MR) is 188 cm³/mol. The molecule has 2 fully saturated rings. The minimum atomic E-state index is -1.06. The van der Waals surface area contributed by atoms with Crippen molar-refractivity contribution in [3.63, 3.8) is 0 Å². The molecule has 1 aliphatic heterocycles. The Morgan fingerprint density at radius 1 is 0.980 bits per heavy atom. The first kappa shape index (κ1) is 32.5. The molecule has 0 spiro atoms. The number of hydrogen-bond acceptors (Lipinski definition) is 6. The van der Waals surface area contributed by atoms with Crippen molar-refractivity contribution in [2.45, 2.75) is 75.8 Å². The van der Waals surface area contributed by atoms with E-state index in [0.29, 0.717) is 48.8 Å². The smallest absolute Gasteiger partial charge is 0.328 e. The first-order chi connectivity index (χ1) is 23.8. The Morgan fingerprint density at radius 3 is 2.51 bits per heavy atom. The number of aliphatic carboxylic acids is 1. The Hall–Kier alpha value is -5.05. The van der Waals surface area contributed by atoms with Gasteiger partial charge in [-0.25, -0.2) is 4.79 Å². The maximum absolute atomic E-state index is 14.0. The van der Waals surface area contributed by atoms with Gasteiger partial charge in [0.25, 0.3) is 5.91 Å². The van der Waals surface area contributed by atoms with Gasteiger partial charge in [0.2, 0.25) is 0 Å². The van der Waals surface area contributed by atoms with Crippen LogP contribution in [0.5, 0.6) is 17.2 Å². The zero-order valence-corrected chi connectivity index (χ0v) is 28.1. The predicted octanol–water partition coefficient (Wildman–Crippen LogP) is 7.33. The standard InChI is InChI=1S/C40H42N2O7/c1-47-29-13-15-31-34(24-29)49-20-19-42-32-23-28(11-14-30(32)37(38(31)42)27-7-4-3-5-8-27)39(46)41-40(17-6-18-40)35(43)22-25-9-10-26(12-16-36(44)45)33(21-25)48-2/h9-16,21,23-24,27H,3-8,17-20,22H2,1-2H3,(H,41,46)(H,44,45)/b16-12+. The zero-order chi connectivity index (χ0) is 34.1. The van der Waals surface area contributed by atoms with Gasteiger partial charge in [-0.05, 0) is 85.6 Å². The molecular weight excluding hydrogens is 620 g/mol. The Balaban J connectivity index is 1.19. The summed E-state index contributed by atoms with van der Waals surface area (Å²) >= 11 is 0. The van der Waals surface area contributed by atoms with Crippen LogP contribution < -0.4 is 19.5 Å². The quantitative estimate of drug-likeness (QED) is 0.171. The van der Waals surface area contributed by atoms with Crippen molar-refractivity contribution in [2.24, 2.45) is 0 Å². The van der Waals surface area contributed by atoms with Crippen LogP contribution in [0.3, 0.4) is 0 Å². The number of carbonyl (C=O) groups is 3. The number of benzene rings is 3. The number of amides is 1. The van der Waals surface area contributed by atoms with Crippen LogP contribution in [-0.4, -0.2) is 53.7 Å². The second kappa shape index (κ2) is 13.5. The van der Waals surface area contributed by atoms with Gasteiger partial charge < -0.3 is 29.2 Å². The fourth-order valence-electron chi connectivity index (χ4n) is 7.85. The highest BCUT2D eigenvalue weighted by molar-refractivity contribution is 6.04. The third kappa shape index (κ3) is 6.18. The molecule has 254 valence electrons. The van der Waals surface area contributed by atoms with Crippen LogP contribution in [-0.2, 0) is 22.6 Å². The van der Waals surface area contributed by atoms with Gasteiger partial charge >= 0.3 is 5.97 Å². The van der Waals surface area contributed by atoms with Gasteiger partial charge in [-0.3, -0.25) is 9.59 Å². The molecule has 49 heavy (non-hydrogen) atoms. The van der Waals surface area contributed by atoms with E-state index in [1.165, 1.54) is 49.1 Å². The molecule has 0 bridgehead atoms. The molecule has 2 heterocycles. The number of methoxy groups -OCH3 is 2. The number of Topliss-reactive ketones (excluding diaryl/α,β-unsaturated/α-hetero) is 1. The van der Waals surface area contributed by atoms with Crippen molar-refractivity contribution in [3.8, 4) is 28.5 Å². The van der Waals surface area contributed by atoms with E-state index in [9.17, 15) is 14.4 Å². The summed E-state index contributed by atoms with van der Waals surface area (Å²) < 4.78 is 19.5. The molecule has 9 nitrogen and oxygen atoms in total. The summed E-state index contributed by atoms with van der Waals surface area (Å²) in [6, 6.07) is 17.3. The van der Waals surface area contributed by atoms with Crippen LogP contribution in [0.1, 0.15) is 84.3 Å². The second-order valence-electron chi connectivity index (χ2n) is 13.4. The summed E-state index contributed by atoms with van der Waals surface area (Å²) in [6.45, 7) is 1.15. The molecule has 3 aromatic carbocycles. The van der Waals surface area contributed by atoms with Gasteiger partial charge in [0.15, 0.2) is 5.78 Å². The Morgan fingerprint density at radius 2 is 1.80 bits per heavy atom. The lowest BCUT2D eigenvalue weighted by Gasteiger charge is -2.41. The van der Waals surface area contributed by atoms with E-state index in [1.54, 1.807) is 25.3 Å². The van der Waals surface area contributed by atoms with Gasteiger partial charge in [-0.15, -0.1) is 0 Å². The monoisotopic (exact) mass is 662 g/mol. The molecular formula is C40H42N2O7. The van der Waals surface area contributed by atoms with Crippen LogP contribution in [0, 0.1) is 0 Å². The number of hydrogen-bond donors (Lipinski definition) is 2. The third-order valence-corrected chi connectivity index (χ3v) is 10.6. The van der Waals surface area contributed by atoms with E-state index >= 15 is 0 Å². The van der Waals surface area contributed by atoms with Gasteiger partial charge in [-0.2, -0.15) is 0 Å². The average molecular weight is 663 g/mol. The van der Waals surface area contributed by atoms with Crippen molar-refractivity contribution < 1.29 is 33.7 Å². The minimum absolute atomic E-state index is 0.0515. The third-order valence-electron chi connectivity index (χ3n) is 10.6. The normalized spacial score (nSPS) is 16.9. The Kier molecular flexibility index (Phi) is 8.92. The summed E-state index contributed by atoms with van der Waals surface area (Å²) in [5.74, 6) is 1.11. The lowest BCUT2D eigenvalue weighted by atomic mass is 9.72. The van der Waals surface area contributed by atoms with Crippen LogP contribution in [0.15, 0.2) is 60.7 Å². The number of ketones is 1. The molecule has 9 heteroatoms. The second-order valence-corrected chi connectivity index (χ2v) is 13.4. The van der Waals surface area contributed by atoms with Gasteiger partial charge in [0, 0.05) is 46.2 Å². The molecule has 0 saturated heterocycles. The van der Waals surface area contributed by atoms with E-state index < -0.39 is 11.5 Å². The van der Waals surface area contributed by atoms with E-state index in [4.69, 9.17) is 19.3 Å². The van der Waals surface area contributed by atoms with Crippen LogP contribution >= 0.6 is 0 Å². The minimum Gasteiger partial charge on any atom is -0.497 e. The molecule has 3 aliphatic rings. The highest BCUT2D eigenvalue weighted by Gasteiger charge is 2.45. The highest BCUT2D eigenvalue weighted by atomic mass is 16.5. The van der Waals surface area contributed by atoms with Gasteiger partial charge in [0.1, 0.15) is 23.9 Å². The van der Waals surface area contributed by atoms with Crippen molar-refractivity contribution >= 4 is 34.6 Å². The summed E-state index contributed by atoms with van der Waals surface area (Å²) in [7, 11) is 3.17. The van der Waals surface area contributed by atoms with Crippen LogP contribution in [0.2, 0.25) is 0 Å². The SMILES string of the molecule is COc1ccc2c(c1)OCCn1c-2c(C2CCCCC2)c2ccc(C(=O)NC3(C(=O)Cc4ccc(/C=C/C(=O)O)c(OC)c4)CCC3)cc21.